The minimum atomic E-state index is -4.51. The summed E-state index contributed by atoms with van der Waals surface area (Å²) in [6.45, 7) is 0.513. The van der Waals surface area contributed by atoms with E-state index in [-0.39, 0.29) is 23.6 Å². The summed E-state index contributed by atoms with van der Waals surface area (Å²) in [7, 11) is 0. The summed E-state index contributed by atoms with van der Waals surface area (Å²) in [6.07, 6.45) is -2.08. The van der Waals surface area contributed by atoms with Gasteiger partial charge in [0, 0.05) is 19.0 Å². The van der Waals surface area contributed by atoms with E-state index in [2.05, 4.69) is 10.6 Å². The van der Waals surface area contributed by atoms with Gasteiger partial charge in [-0.05, 0) is 31.0 Å². The second-order valence-electron chi connectivity index (χ2n) is 4.90. The van der Waals surface area contributed by atoms with E-state index >= 15 is 0 Å². The van der Waals surface area contributed by atoms with Crippen molar-refractivity contribution < 1.29 is 18.0 Å². The fourth-order valence-electron chi connectivity index (χ4n) is 1.81. The number of benzene rings is 1. The minimum absolute atomic E-state index is 0.0990. The average molecular weight is 297 g/mol. The molecule has 0 bridgehead atoms. The Labute approximate surface area is 119 Å². The zero-order valence-corrected chi connectivity index (χ0v) is 11.1. The van der Waals surface area contributed by atoms with Gasteiger partial charge in [0.2, 0.25) is 5.91 Å². The standard InChI is InChI=1S/C14H14F3N3O/c15-14(16,17)10-1-4-12(9(7-10)8-18)20-13(21)5-6-19-11-2-3-11/h1,4,7,11,19H,2-3,5-6H2,(H,20,21). The zero-order chi connectivity index (χ0) is 15.5. The predicted molar refractivity (Wildman–Crippen MR) is 70.4 cm³/mol. The summed E-state index contributed by atoms with van der Waals surface area (Å²) in [5.41, 5.74) is -1.01. The number of nitrogens with one attached hydrogen (secondary N) is 2. The Morgan fingerprint density at radius 3 is 2.67 bits per heavy atom. The second-order valence-corrected chi connectivity index (χ2v) is 4.90. The second kappa shape index (κ2) is 6.14. The van der Waals surface area contributed by atoms with Crippen molar-refractivity contribution in [2.24, 2.45) is 0 Å². The number of hydrogen-bond donors (Lipinski definition) is 2. The van der Waals surface area contributed by atoms with Crippen molar-refractivity contribution in [1.82, 2.24) is 5.32 Å². The summed E-state index contributed by atoms with van der Waals surface area (Å²) < 4.78 is 37.6. The number of halogens is 3. The highest BCUT2D eigenvalue weighted by molar-refractivity contribution is 5.92. The molecule has 21 heavy (non-hydrogen) atoms. The Bertz CT molecular complexity index is 574. The molecule has 1 aliphatic rings. The third kappa shape index (κ3) is 4.46. The van der Waals surface area contributed by atoms with Gasteiger partial charge < -0.3 is 10.6 Å². The van der Waals surface area contributed by atoms with Gasteiger partial charge in [0.15, 0.2) is 0 Å². The molecule has 0 heterocycles. The molecule has 7 heteroatoms. The maximum absolute atomic E-state index is 12.5. The van der Waals surface area contributed by atoms with E-state index in [0.717, 1.165) is 31.0 Å². The number of nitrogens with zero attached hydrogens (tertiary/aromatic N) is 1. The lowest BCUT2D eigenvalue weighted by Crippen LogP contribution is -2.23. The molecule has 2 rings (SSSR count). The van der Waals surface area contributed by atoms with Crippen LogP contribution in [0, 0.1) is 11.3 Å². The molecular weight excluding hydrogens is 283 g/mol. The smallest absolute Gasteiger partial charge is 0.325 e. The highest BCUT2D eigenvalue weighted by Crippen LogP contribution is 2.31. The molecule has 1 aromatic rings. The average Bonchev–Trinajstić information content (AvgIpc) is 3.22. The maximum Gasteiger partial charge on any atom is 0.416 e. The van der Waals surface area contributed by atoms with Crippen LogP contribution in [0.1, 0.15) is 30.4 Å². The first kappa shape index (κ1) is 15.3. The van der Waals surface area contributed by atoms with Crippen LogP contribution in [0.25, 0.3) is 0 Å². The van der Waals surface area contributed by atoms with Gasteiger partial charge in [-0.1, -0.05) is 0 Å². The van der Waals surface area contributed by atoms with E-state index in [0.29, 0.717) is 12.6 Å². The normalized spacial score (nSPS) is 14.6. The summed E-state index contributed by atoms with van der Waals surface area (Å²) in [4.78, 5) is 11.7. The van der Waals surface area contributed by atoms with Gasteiger partial charge in [-0.25, -0.2) is 0 Å². The van der Waals surface area contributed by atoms with Gasteiger partial charge in [-0.3, -0.25) is 4.79 Å². The lowest BCUT2D eigenvalue weighted by molar-refractivity contribution is -0.137. The van der Waals surface area contributed by atoms with Crippen molar-refractivity contribution in [2.45, 2.75) is 31.5 Å². The van der Waals surface area contributed by atoms with E-state index in [1.165, 1.54) is 0 Å². The van der Waals surface area contributed by atoms with Gasteiger partial charge >= 0.3 is 6.18 Å². The molecule has 0 atom stereocenters. The van der Waals surface area contributed by atoms with E-state index < -0.39 is 11.7 Å². The highest BCUT2D eigenvalue weighted by atomic mass is 19.4. The Kier molecular flexibility index (Phi) is 4.48. The van der Waals surface area contributed by atoms with Crippen molar-refractivity contribution in [3.63, 3.8) is 0 Å². The third-order valence-corrected chi connectivity index (χ3v) is 3.10. The van der Waals surface area contributed by atoms with Crippen LogP contribution in [-0.2, 0) is 11.0 Å². The first-order chi connectivity index (χ1) is 9.90. The molecule has 1 saturated carbocycles. The Morgan fingerprint density at radius 2 is 2.10 bits per heavy atom. The monoisotopic (exact) mass is 297 g/mol. The summed E-state index contributed by atoms with van der Waals surface area (Å²) in [5, 5.41) is 14.5. The van der Waals surface area contributed by atoms with Crippen molar-refractivity contribution in [2.75, 3.05) is 11.9 Å². The quantitative estimate of drug-likeness (QED) is 0.878. The first-order valence-corrected chi connectivity index (χ1v) is 6.54. The topological polar surface area (TPSA) is 64.9 Å². The van der Waals surface area contributed by atoms with Crippen LogP contribution < -0.4 is 10.6 Å². The van der Waals surface area contributed by atoms with Crippen molar-refractivity contribution in [1.29, 1.82) is 5.26 Å². The molecule has 1 fully saturated rings. The maximum atomic E-state index is 12.5. The van der Waals surface area contributed by atoms with Crippen LogP contribution in [-0.4, -0.2) is 18.5 Å². The molecule has 0 aromatic heterocycles. The lowest BCUT2D eigenvalue weighted by Gasteiger charge is -2.11. The molecule has 0 radical (unpaired) electrons. The highest BCUT2D eigenvalue weighted by Gasteiger charge is 2.31. The van der Waals surface area contributed by atoms with Crippen LogP contribution >= 0.6 is 0 Å². The molecule has 0 unspecified atom stereocenters. The fraction of sp³-hybridized carbons (Fsp3) is 0.429. The Balaban J connectivity index is 1.98. The summed E-state index contributed by atoms with van der Waals surface area (Å²) >= 11 is 0. The Morgan fingerprint density at radius 1 is 1.38 bits per heavy atom. The number of nitriles is 1. The van der Waals surface area contributed by atoms with E-state index in [9.17, 15) is 18.0 Å². The predicted octanol–water partition coefficient (Wildman–Crippen LogP) is 2.66. The number of carbonyl (C=O) groups is 1. The summed E-state index contributed by atoms with van der Waals surface area (Å²) in [5.74, 6) is -0.334. The van der Waals surface area contributed by atoms with Crippen LogP contribution in [0.5, 0.6) is 0 Å². The van der Waals surface area contributed by atoms with Gasteiger partial charge in [-0.15, -0.1) is 0 Å². The molecule has 2 N–H and O–H groups in total. The minimum Gasteiger partial charge on any atom is -0.325 e. The van der Waals surface area contributed by atoms with E-state index in [1.54, 1.807) is 6.07 Å². The number of hydrogen-bond acceptors (Lipinski definition) is 3. The molecule has 0 aliphatic heterocycles. The lowest BCUT2D eigenvalue weighted by atomic mass is 10.1. The molecular formula is C14H14F3N3O. The molecule has 112 valence electrons. The molecule has 1 aliphatic carbocycles. The number of anilines is 1. The van der Waals surface area contributed by atoms with E-state index in [4.69, 9.17) is 5.26 Å². The number of carbonyl (C=O) groups excluding carboxylic acids is 1. The number of alkyl halides is 3. The fourth-order valence-corrected chi connectivity index (χ4v) is 1.81. The summed E-state index contributed by atoms with van der Waals surface area (Å²) in [6, 6.07) is 4.84. The zero-order valence-electron chi connectivity index (χ0n) is 11.1. The molecule has 0 saturated heterocycles. The third-order valence-electron chi connectivity index (χ3n) is 3.10. The largest absolute Gasteiger partial charge is 0.416 e. The SMILES string of the molecule is N#Cc1cc(C(F)(F)F)ccc1NC(=O)CCNC1CC1. The van der Waals surface area contributed by atoms with Crippen LogP contribution in [0.2, 0.25) is 0 Å². The number of amides is 1. The van der Waals surface area contributed by atoms with Gasteiger partial charge in [0.05, 0.1) is 16.8 Å². The molecule has 0 spiro atoms. The van der Waals surface area contributed by atoms with Gasteiger partial charge in [0.1, 0.15) is 6.07 Å². The van der Waals surface area contributed by atoms with Crippen molar-refractivity contribution in [3.05, 3.63) is 29.3 Å². The molecule has 4 nitrogen and oxygen atoms in total. The molecule has 1 amide bonds. The van der Waals surface area contributed by atoms with Gasteiger partial charge in [0.25, 0.3) is 0 Å². The Hall–Kier alpha value is -2.07. The van der Waals surface area contributed by atoms with Crippen LogP contribution in [0.4, 0.5) is 18.9 Å². The van der Waals surface area contributed by atoms with Gasteiger partial charge in [-0.2, -0.15) is 18.4 Å². The van der Waals surface area contributed by atoms with Crippen molar-refractivity contribution >= 4 is 11.6 Å². The number of rotatable bonds is 5. The van der Waals surface area contributed by atoms with E-state index in [1.807, 2.05) is 0 Å². The van der Waals surface area contributed by atoms with Crippen molar-refractivity contribution in [3.8, 4) is 6.07 Å². The van der Waals surface area contributed by atoms with Crippen LogP contribution in [0.15, 0.2) is 18.2 Å². The van der Waals surface area contributed by atoms with Crippen LogP contribution in [0.3, 0.4) is 0 Å². The molecule has 1 aromatic carbocycles. The first-order valence-electron chi connectivity index (χ1n) is 6.54.